The number of aliphatic hydroxyl groups is 1. The highest BCUT2D eigenvalue weighted by Crippen LogP contribution is 2.39. The van der Waals surface area contributed by atoms with Gasteiger partial charge in [-0.05, 0) is 17.5 Å². The fourth-order valence-electron chi connectivity index (χ4n) is 4.05. The van der Waals surface area contributed by atoms with Gasteiger partial charge >= 0.3 is 0 Å². The first-order chi connectivity index (χ1) is 10.7. The molecule has 2 fully saturated rings. The summed E-state index contributed by atoms with van der Waals surface area (Å²) in [5.41, 5.74) is 2.24. The first-order valence-electron chi connectivity index (χ1n) is 8.11. The van der Waals surface area contributed by atoms with Gasteiger partial charge in [0.15, 0.2) is 5.79 Å². The summed E-state index contributed by atoms with van der Waals surface area (Å²) in [5, 5.41) is 13.6. The van der Waals surface area contributed by atoms with Gasteiger partial charge in [-0.25, -0.2) is 4.39 Å². The number of ether oxygens (including phenoxy) is 2. The number of hydrogen-bond acceptors (Lipinski definition) is 4. The van der Waals surface area contributed by atoms with Crippen LogP contribution < -0.4 is 5.32 Å². The monoisotopic (exact) mass is 307 g/mol. The van der Waals surface area contributed by atoms with E-state index in [0.29, 0.717) is 32.5 Å². The van der Waals surface area contributed by atoms with E-state index < -0.39 is 18.1 Å². The molecule has 1 spiro atoms. The van der Waals surface area contributed by atoms with Crippen molar-refractivity contribution in [3.8, 4) is 0 Å². The molecule has 5 heteroatoms. The van der Waals surface area contributed by atoms with Crippen LogP contribution in [0.4, 0.5) is 4.39 Å². The Bertz CT molecular complexity index is 546. The Labute approximate surface area is 129 Å². The smallest absolute Gasteiger partial charge is 0.171 e. The zero-order valence-corrected chi connectivity index (χ0v) is 12.5. The van der Waals surface area contributed by atoms with Gasteiger partial charge < -0.3 is 19.9 Å². The van der Waals surface area contributed by atoms with Crippen LogP contribution in [0.2, 0.25) is 0 Å². The van der Waals surface area contributed by atoms with Gasteiger partial charge in [0.05, 0.1) is 25.4 Å². The first kappa shape index (κ1) is 14.6. The van der Waals surface area contributed by atoms with E-state index in [4.69, 9.17) is 9.47 Å². The lowest BCUT2D eigenvalue weighted by molar-refractivity contribution is -0.192. The molecule has 0 amide bonds. The Morgan fingerprint density at radius 2 is 2.00 bits per heavy atom. The van der Waals surface area contributed by atoms with Crippen molar-refractivity contribution in [3.63, 3.8) is 0 Å². The molecular weight excluding hydrogens is 285 g/mol. The molecule has 3 aliphatic rings. The topological polar surface area (TPSA) is 50.7 Å². The van der Waals surface area contributed by atoms with Crippen LogP contribution in [0.1, 0.15) is 36.4 Å². The second-order valence-corrected chi connectivity index (χ2v) is 6.59. The molecule has 1 aromatic carbocycles. The quantitative estimate of drug-likeness (QED) is 0.876. The minimum absolute atomic E-state index is 0.182. The third kappa shape index (κ3) is 2.46. The van der Waals surface area contributed by atoms with Crippen LogP contribution in [0.5, 0.6) is 0 Å². The predicted octanol–water partition coefficient (Wildman–Crippen LogP) is 1.87. The molecule has 1 heterocycles. The van der Waals surface area contributed by atoms with Crippen molar-refractivity contribution < 1.29 is 19.0 Å². The number of halogens is 1. The van der Waals surface area contributed by atoms with Crippen molar-refractivity contribution in [3.05, 3.63) is 35.4 Å². The first-order valence-corrected chi connectivity index (χ1v) is 8.11. The van der Waals surface area contributed by atoms with Gasteiger partial charge in [0.2, 0.25) is 0 Å². The Balaban J connectivity index is 1.46. The number of hydrogen-bond donors (Lipinski definition) is 2. The van der Waals surface area contributed by atoms with E-state index >= 15 is 0 Å². The number of fused-ring (bicyclic) bond motifs is 1. The zero-order valence-electron chi connectivity index (χ0n) is 12.5. The SMILES string of the molecule is OC1Cc2ccccc2C1NC1CCC2(CC1F)OCCO2. The van der Waals surface area contributed by atoms with Crippen LogP contribution in [-0.2, 0) is 15.9 Å². The fraction of sp³-hybridized carbons (Fsp3) is 0.647. The highest BCUT2D eigenvalue weighted by atomic mass is 19.1. The van der Waals surface area contributed by atoms with Crippen molar-refractivity contribution >= 4 is 0 Å². The van der Waals surface area contributed by atoms with E-state index in [-0.39, 0.29) is 18.5 Å². The van der Waals surface area contributed by atoms with Crippen LogP contribution in [0.15, 0.2) is 24.3 Å². The molecule has 1 aliphatic heterocycles. The van der Waals surface area contributed by atoms with Crippen molar-refractivity contribution in [2.75, 3.05) is 13.2 Å². The average molecular weight is 307 g/mol. The van der Waals surface area contributed by atoms with Crippen LogP contribution in [0.25, 0.3) is 0 Å². The summed E-state index contributed by atoms with van der Waals surface area (Å²) >= 11 is 0. The maximum atomic E-state index is 14.6. The van der Waals surface area contributed by atoms with Gasteiger partial charge in [-0.3, -0.25) is 0 Å². The molecule has 4 atom stereocenters. The zero-order chi connectivity index (χ0) is 15.2. The molecule has 120 valence electrons. The number of aliphatic hydroxyl groups excluding tert-OH is 1. The molecule has 2 aliphatic carbocycles. The van der Waals surface area contributed by atoms with Crippen molar-refractivity contribution in [2.45, 2.75) is 55.8 Å². The number of benzene rings is 1. The second kappa shape index (κ2) is 5.57. The van der Waals surface area contributed by atoms with Gasteiger partial charge in [-0.15, -0.1) is 0 Å². The molecule has 0 aromatic heterocycles. The van der Waals surface area contributed by atoms with E-state index in [0.717, 1.165) is 11.1 Å². The summed E-state index contributed by atoms with van der Waals surface area (Å²) in [6.07, 6.45) is 0.761. The molecule has 22 heavy (non-hydrogen) atoms. The molecule has 4 nitrogen and oxygen atoms in total. The summed E-state index contributed by atoms with van der Waals surface area (Å²) < 4.78 is 25.8. The molecule has 4 rings (SSSR count). The van der Waals surface area contributed by atoms with Crippen LogP contribution >= 0.6 is 0 Å². The van der Waals surface area contributed by atoms with Crippen LogP contribution in [0, 0.1) is 0 Å². The van der Waals surface area contributed by atoms with Gasteiger partial charge in [-0.1, -0.05) is 24.3 Å². The summed E-state index contributed by atoms with van der Waals surface area (Å²) in [5.74, 6) is -0.705. The molecule has 0 bridgehead atoms. The Morgan fingerprint density at radius 1 is 1.23 bits per heavy atom. The third-order valence-electron chi connectivity index (χ3n) is 5.19. The van der Waals surface area contributed by atoms with Gasteiger partial charge in [0.25, 0.3) is 0 Å². The fourth-order valence-corrected chi connectivity index (χ4v) is 4.05. The maximum absolute atomic E-state index is 14.6. The van der Waals surface area contributed by atoms with E-state index in [1.54, 1.807) is 0 Å². The molecule has 2 N–H and O–H groups in total. The van der Waals surface area contributed by atoms with Crippen molar-refractivity contribution in [1.82, 2.24) is 5.32 Å². The summed E-state index contributed by atoms with van der Waals surface area (Å²) in [6, 6.07) is 7.55. The predicted molar refractivity (Wildman–Crippen MR) is 79.2 cm³/mol. The maximum Gasteiger partial charge on any atom is 0.171 e. The minimum atomic E-state index is -1.02. The molecule has 4 unspecified atom stereocenters. The van der Waals surface area contributed by atoms with Crippen molar-refractivity contribution in [2.24, 2.45) is 0 Å². The Hall–Kier alpha value is -1.01. The highest BCUT2D eigenvalue weighted by molar-refractivity contribution is 5.36. The Kier molecular flexibility index (Phi) is 3.69. The third-order valence-corrected chi connectivity index (χ3v) is 5.19. The largest absolute Gasteiger partial charge is 0.391 e. The molecule has 0 radical (unpaired) electrons. The number of rotatable bonds is 2. The normalized spacial score (nSPS) is 36.6. The summed E-state index contributed by atoms with van der Waals surface area (Å²) in [4.78, 5) is 0. The lowest BCUT2D eigenvalue weighted by atomic mass is 9.87. The van der Waals surface area contributed by atoms with Gasteiger partial charge in [0, 0.05) is 25.3 Å². The average Bonchev–Trinajstić information content (AvgIpc) is 3.07. The van der Waals surface area contributed by atoms with E-state index in [1.807, 2.05) is 24.3 Å². The molecule has 1 saturated heterocycles. The lowest BCUT2D eigenvalue weighted by Gasteiger charge is -2.39. The van der Waals surface area contributed by atoms with E-state index in [9.17, 15) is 9.50 Å². The van der Waals surface area contributed by atoms with Crippen LogP contribution in [-0.4, -0.2) is 42.4 Å². The highest BCUT2D eigenvalue weighted by Gasteiger charge is 2.46. The molecule has 1 saturated carbocycles. The second-order valence-electron chi connectivity index (χ2n) is 6.59. The van der Waals surface area contributed by atoms with E-state index in [1.165, 1.54) is 0 Å². The van der Waals surface area contributed by atoms with E-state index in [2.05, 4.69) is 5.32 Å². The summed E-state index contributed by atoms with van der Waals surface area (Å²) in [7, 11) is 0. The molecule has 1 aromatic rings. The summed E-state index contributed by atoms with van der Waals surface area (Å²) in [6.45, 7) is 1.11. The van der Waals surface area contributed by atoms with Gasteiger partial charge in [-0.2, -0.15) is 0 Å². The van der Waals surface area contributed by atoms with Crippen LogP contribution in [0.3, 0.4) is 0 Å². The Morgan fingerprint density at radius 3 is 2.77 bits per heavy atom. The van der Waals surface area contributed by atoms with Gasteiger partial charge in [0.1, 0.15) is 6.17 Å². The molecular formula is C17H22FNO3. The number of nitrogens with one attached hydrogen (secondary N) is 1. The van der Waals surface area contributed by atoms with Crippen molar-refractivity contribution in [1.29, 1.82) is 0 Å². The lowest BCUT2D eigenvalue weighted by Crippen LogP contribution is -2.51. The standard InChI is InChI=1S/C17H22FNO3/c18-13-10-17(21-7-8-22-17)6-5-14(13)19-16-12-4-2-1-3-11(12)9-15(16)20/h1-4,13-16,19-20H,5-10H2. The number of alkyl halides is 1. The minimum Gasteiger partial charge on any atom is -0.391 e.